The van der Waals surface area contributed by atoms with Crippen LogP contribution in [0.15, 0.2) is 48.5 Å². The lowest BCUT2D eigenvalue weighted by molar-refractivity contribution is -0.141. The van der Waals surface area contributed by atoms with Gasteiger partial charge in [-0.1, -0.05) is 44.4 Å². The Balaban J connectivity index is 1.53. The predicted octanol–water partition coefficient (Wildman–Crippen LogP) is 5.16. The number of carbonyl (C=O) groups excluding carboxylic acids is 2. The lowest BCUT2D eigenvalue weighted by Crippen LogP contribution is -2.45. The highest BCUT2D eigenvalue weighted by atomic mass is 16.5. The van der Waals surface area contributed by atoms with Gasteiger partial charge in [0.25, 0.3) is 5.91 Å². The zero-order valence-corrected chi connectivity index (χ0v) is 17.4. The first-order valence-electron chi connectivity index (χ1n) is 10.9. The summed E-state index contributed by atoms with van der Waals surface area (Å²) in [6.07, 6.45) is 5.87. The van der Waals surface area contributed by atoms with Crippen molar-refractivity contribution in [1.29, 1.82) is 0 Å². The van der Waals surface area contributed by atoms with Gasteiger partial charge in [-0.15, -0.1) is 0 Å². The molecule has 0 spiro atoms. The number of para-hydroxylation sites is 1. The van der Waals surface area contributed by atoms with Crippen LogP contribution in [0, 0.1) is 0 Å². The normalized spacial score (nSPS) is 19.4. The molecular weight excluding hydrogens is 378 g/mol. The molecule has 2 aliphatic rings. The average molecular weight is 408 g/mol. The molecule has 1 aliphatic heterocycles. The van der Waals surface area contributed by atoms with E-state index in [1.54, 1.807) is 0 Å². The van der Waals surface area contributed by atoms with Gasteiger partial charge in [0.1, 0.15) is 5.75 Å². The van der Waals surface area contributed by atoms with E-state index in [-0.39, 0.29) is 18.0 Å². The smallest absolute Gasteiger partial charge is 0.323 e. The largest absolute Gasteiger partial charge is 0.480 e. The van der Waals surface area contributed by atoms with Crippen molar-refractivity contribution in [1.82, 2.24) is 4.90 Å². The van der Waals surface area contributed by atoms with Gasteiger partial charge in [0.2, 0.25) is 0 Å². The maximum absolute atomic E-state index is 13.1. The molecule has 2 aromatic rings. The fourth-order valence-corrected chi connectivity index (χ4v) is 4.32. The molecule has 3 amide bonds. The zero-order valence-electron chi connectivity index (χ0n) is 17.4. The third kappa shape index (κ3) is 4.58. The Bertz CT molecular complexity index is 894. The molecule has 0 aromatic heterocycles. The van der Waals surface area contributed by atoms with Crippen molar-refractivity contribution in [2.45, 2.75) is 64.1 Å². The van der Waals surface area contributed by atoms with Crippen molar-refractivity contribution in [2.75, 3.05) is 10.6 Å². The summed E-state index contributed by atoms with van der Waals surface area (Å²) in [5, 5.41) is 5.70. The molecule has 1 atom stereocenters. The molecule has 2 N–H and O–H groups in total. The van der Waals surface area contributed by atoms with E-state index in [0.717, 1.165) is 29.8 Å². The Hall–Kier alpha value is -3.02. The number of fused-ring (bicyclic) bond motifs is 1. The molecule has 6 nitrogen and oxygen atoms in total. The molecule has 6 heteroatoms. The van der Waals surface area contributed by atoms with Crippen LogP contribution in [0.1, 0.15) is 51.0 Å². The van der Waals surface area contributed by atoms with Crippen LogP contribution in [0.5, 0.6) is 5.75 Å². The number of urea groups is 1. The molecule has 2 aromatic carbocycles. The van der Waals surface area contributed by atoms with Crippen molar-refractivity contribution in [3.05, 3.63) is 54.1 Å². The van der Waals surface area contributed by atoms with E-state index in [1.165, 1.54) is 19.3 Å². The van der Waals surface area contributed by atoms with Crippen LogP contribution < -0.4 is 15.4 Å². The molecule has 0 unspecified atom stereocenters. The fraction of sp³-hybridized carbons (Fsp3) is 0.417. The second-order valence-electron chi connectivity index (χ2n) is 8.04. The third-order valence-electron chi connectivity index (χ3n) is 5.90. The first-order chi connectivity index (χ1) is 14.6. The van der Waals surface area contributed by atoms with Crippen LogP contribution in [-0.4, -0.2) is 29.0 Å². The Morgan fingerprint density at radius 1 is 1.03 bits per heavy atom. The second kappa shape index (κ2) is 9.20. The van der Waals surface area contributed by atoms with Gasteiger partial charge in [0.05, 0.1) is 0 Å². The number of hydrogen-bond donors (Lipinski definition) is 2. The summed E-state index contributed by atoms with van der Waals surface area (Å²) >= 11 is 0. The van der Waals surface area contributed by atoms with Gasteiger partial charge < -0.3 is 20.3 Å². The summed E-state index contributed by atoms with van der Waals surface area (Å²) in [6.45, 7) is 2.50. The van der Waals surface area contributed by atoms with Gasteiger partial charge in [0, 0.05) is 29.5 Å². The minimum Gasteiger partial charge on any atom is -0.480 e. The van der Waals surface area contributed by atoms with Crippen LogP contribution >= 0.6 is 0 Å². The van der Waals surface area contributed by atoms with Gasteiger partial charge in [0.15, 0.2) is 6.10 Å². The standard InChI is InChI=1S/C24H29N3O3/c1-2-21-23(28)27(20-11-7-4-8-12-20)16-17-15-19(13-14-22(17)30-21)26-24(29)25-18-9-5-3-6-10-18/h3,5-6,9-10,13-15,20-21H,2,4,7-8,11-12,16H2,1H3,(H2,25,26,29)/t21-/m0/s1. The van der Waals surface area contributed by atoms with Gasteiger partial charge in [-0.25, -0.2) is 4.79 Å². The first kappa shape index (κ1) is 20.3. The van der Waals surface area contributed by atoms with Gasteiger partial charge in [-0.2, -0.15) is 0 Å². The maximum Gasteiger partial charge on any atom is 0.323 e. The minimum absolute atomic E-state index is 0.0805. The summed E-state index contributed by atoms with van der Waals surface area (Å²) in [5.74, 6) is 0.805. The molecule has 1 aliphatic carbocycles. The quantitative estimate of drug-likeness (QED) is 0.735. The van der Waals surface area contributed by atoms with Crippen molar-refractivity contribution >= 4 is 23.3 Å². The van der Waals surface area contributed by atoms with E-state index < -0.39 is 6.10 Å². The number of ether oxygens (including phenoxy) is 1. The molecule has 158 valence electrons. The highest BCUT2D eigenvalue weighted by molar-refractivity contribution is 5.99. The van der Waals surface area contributed by atoms with Crippen LogP contribution in [0.2, 0.25) is 0 Å². The van der Waals surface area contributed by atoms with Gasteiger partial charge >= 0.3 is 6.03 Å². The molecule has 1 saturated carbocycles. The SMILES string of the molecule is CC[C@@H]1Oc2ccc(NC(=O)Nc3ccccc3)cc2CN(C2CCCCC2)C1=O. The molecule has 1 fully saturated rings. The zero-order chi connectivity index (χ0) is 20.9. The highest BCUT2D eigenvalue weighted by Gasteiger charge is 2.34. The number of amides is 3. The summed E-state index contributed by atoms with van der Waals surface area (Å²) in [5.41, 5.74) is 2.34. The molecule has 0 saturated heterocycles. The maximum atomic E-state index is 13.1. The van der Waals surface area contributed by atoms with Gasteiger partial charge in [-0.3, -0.25) is 4.79 Å². The van der Waals surface area contributed by atoms with Crippen LogP contribution in [0.3, 0.4) is 0 Å². The lowest BCUT2D eigenvalue weighted by Gasteiger charge is -2.34. The summed E-state index contributed by atoms with van der Waals surface area (Å²) in [7, 11) is 0. The summed E-state index contributed by atoms with van der Waals surface area (Å²) in [6, 6.07) is 14.9. The first-order valence-corrected chi connectivity index (χ1v) is 10.9. The van der Waals surface area contributed by atoms with Crippen LogP contribution in [0.25, 0.3) is 0 Å². The van der Waals surface area contributed by atoms with E-state index in [0.29, 0.717) is 18.7 Å². The van der Waals surface area contributed by atoms with E-state index in [9.17, 15) is 9.59 Å². The topological polar surface area (TPSA) is 70.7 Å². The average Bonchev–Trinajstić information content (AvgIpc) is 2.91. The Labute approximate surface area is 177 Å². The van der Waals surface area contributed by atoms with Gasteiger partial charge in [-0.05, 0) is 49.6 Å². The summed E-state index contributed by atoms with van der Waals surface area (Å²) in [4.78, 5) is 27.5. The van der Waals surface area contributed by atoms with E-state index in [2.05, 4.69) is 10.6 Å². The predicted molar refractivity (Wildman–Crippen MR) is 118 cm³/mol. The molecule has 30 heavy (non-hydrogen) atoms. The molecule has 0 radical (unpaired) electrons. The van der Waals surface area contributed by atoms with Crippen molar-refractivity contribution < 1.29 is 14.3 Å². The number of nitrogens with one attached hydrogen (secondary N) is 2. The molecule has 1 heterocycles. The van der Waals surface area contributed by atoms with E-state index in [1.807, 2.05) is 60.4 Å². The minimum atomic E-state index is -0.451. The van der Waals surface area contributed by atoms with Crippen LogP contribution in [-0.2, 0) is 11.3 Å². The second-order valence-corrected chi connectivity index (χ2v) is 8.04. The number of benzene rings is 2. The number of nitrogens with zero attached hydrogens (tertiary/aromatic N) is 1. The Kier molecular flexibility index (Phi) is 6.21. The third-order valence-corrected chi connectivity index (χ3v) is 5.90. The Morgan fingerprint density at radius 3 is 2.50 bits per heavy atom. The fourth-order valence-electron chi connectivity index (χ4n) is 4.32. The highest BCUT2D eigenvalue weighted by Crippen LogP contribution is 2.33. The van der Waals surface area contributed by atoms with E-state index in [4.69, 9.17) is 4.74 Å². The molecular formula is C24H29N3O3. The monoisotopic (exact) mass is 407 g/mol. The van der Waals surface area contributed by atoms with Crippen molar-refractivity contribution in [3.8, 4) is 5.75 Å². The Morgan fingerprint density at radius 2 is 1.77 bits per heavy atom. The summed E-state index contributed by atoms with van der Waals surface area (Å²) < 4.78 is 6.08. The van der Waals surface area contributed by atoms with Crippen molar-refractivity contribution in [2.24, 2.45) is 0 Å². The number of hydrogen-bond acceptors (Lipinski definition) is 3. The van der Waals surface area contributed by atoms with Crippen molar-refractivity contribution in [3.63, 3.8) is 0 Å². The number of rotatable bonds is 4. The number of carbonyl (C=O) groups is 2. The molecule has 4 rings (SSSR count). The lowest BCUT2D eigenvalue weighted by atomic mass is 9.93. The molecule has 0 bridgehead atoms. The number of anilines is 2. The van der Waals surface area contributed by atoms with E-state index >= 15 is 0 Å². The van der Waals surface area contributed by atoms with Crippen LogP contribution in [0.4, 0.5) is 16.2 Å².